The summed E-state index contributed by atoms with van der Waals surface area (Å²) >= 11 is -1.32. The second kappa shape index (κ2) is 4.99. The molecule has 0 bridgehead atoms. The minimum atomic E-state index is -1.32. The van der Waals surface area contributed by atoms with Crippen LogP contribution in [0.2, 0.25) is 5.76 Å². The van der Waals surface area contributed by atoms with Crippen molar-refractivity contribution in [2.75, 3.05) is 0 Å². The molecule has 0 aromatic heterocycles. The molecule has 18 heavy (non-hydrogen) atoms. The van der Waals surface area contributed by atoms with Crippen LogP contribution >= 0.6 is 0 Å². The predicted molar refractivity (Wildman–Crippen MR) is 81.3 cm³/mol. The van der Waals surface area contributed by atoms with E-state index in [0.29, 0.717) is 0 Å². The summed E-state index contributed by atoms with van der Waals surface area (Å²) in [5, 5.41) is 2.69. The maximum atomic E-state index is 2.43. The van der Waals surface area contributed by atoms with E-state index in [0.717, 1.165) is 0 Å². The second-order valence-corrected chi connectivity index (χ2v) is 9.60. The Balaban J connectivity index is 2.04. The molecule has 3 aromatic rings. The monoisotopic (exact) mass is 293 g/mol. The summed E-state index contributed by atoms with van der Waals surface area (Å²) in [6.07, 6.45) is 0. The van der Waals surface area contributed by atoms with Gasteiger partial charge in [-0.25, -0.2) is 0 Å². The van der Waals surface area contributed by atoms with E-state index in [-0.39, 0.29) is 0 Å². The van der Waals surface area contributed by atoms with Crippen molar-refractivity contribution < 1.29 is 0 Å². The molecule has 1 heteroatoms. The molecule has 0 amide bonds. The van der Waals surface area contributed by atoms with Crippen LogP contribution in [0.15, 0.2) is 72.8 Å². The van der Waals surface area contributed by atoms with Crippen LogP contribution in [-0.4, -0.2) is 14.3 Å². The summed E-state index contributed by atoms with van der Waals surface area (Å²) < 4.78 is 3.08. The summed E-state index contributed by atoms with van der Waals surface area (Å²) in [7, 11) is 0. The number of hydrogen-bond acceptors (Lipinski definition) is 0. The Morgan fingerprint density at radius 1 is 0.611 bits per heavy atom. The van der Waals surface area contributed by atoms with E-state index in [2.05, 4.69) is 78.6 Å². The molecule has 3 rings (SSSR count). The quantitative estimate of drug-likeness (QED) is 0.637. The Kier molecular flexibility index (Phi) is 3.20. The van der Waals surface area contributed by atoms with E-state index in [9.17, 15) is 0 Å². The minimum absolute atomic E-state index is 1.32. The Labute approximate surface area is 112 Å². The first-order chi connectivity index (χ1) is 8.84. The van der Waals surface area contributed by atoms with E-state index in [1.165, 1.54) is 15.2 Å². The molecule has 0 atom stereocenters. The van der Waals surface area contributed by atoms with Crippen LogP contribution in [0.5, 0.6) is 0 Å². The van der Waals surface area contributed by atoms with Crippen molar-refractivity contribution >= 4 is 33.9 Å². The second-order valence-electron chi connectivity index (χ2n) is 4.55. The predicted octanol–water partition coefficient (Wildman–Crippen LogP) is 3.08. The van der Waals surface area contributed by atoms with Crippen molar-refractivity contribution in [3.8, 4) is 0 Å². The van der Waals surface area contributed by atoms with Crippen molar-refractivity contribution in [1.29, 1.82) is 0 Å². The van der Waals surface area contributed by atoms with E-state index in [1.54, 1.807) is 4.40 Å². The Morgan fingerprint density at radius 3 is 2.06 bits per heavy atom. The van der Waals surface area contributed by atoms with Gasteiger partial charge in [0.1, 0.15) is 0 Å². The molecule has 0 saturated carbocycles. The molecule has 0 N–H and O–H groups in total. The zero-order chi connectivity index (χ0) is 12.4. The summed E-state index contributed by atoms with van der Waals surface area (Å²) in [4.78, 5) is 0. The summed E-state index contributed by atoms with van der Waals surface area (Å²) in [6.45, 7) is 0. The molecule has 1 radical (unpaired) electrons. The van der Waals surface area contributed by atoms with Crippen LogP contribution in [0.4, 0.5) is 0 Å². The van der Waals surface area contributed by atoms with Gasteiger partial charge in [-0.05, 0) is 0 Å². The van der Waals surface area contributed by atoms with Crippen LogP contribution in [0.3, 0.4) is 0 Å². The summed E-state index contributed by atoms with van der Waals surface area (Å²) in [5.41, 5.74) is 0. The van der Waals surface area contributed by atoms with Crippen molar-refractivity contribution in [2.24, 2.45) is 0 Å². The van der Waals surface area contributed by atoms with Crippen molar-refractivity contribution in [3.05, 3.63) is 72.8 Å². The van der Waals surface area contributed by atoms with Gasteiger partial charge in [0.15, 0.2) is 0 Å². The van der Waals surface area contributed by atoms with E-state index >= 15 is 0 Å². The fourth-order valence-electron chi connectivity index (χ4n) is 2.28. The molecule has 0 spiro atoms. The zero-order valence-electron chi connectivity index (χ0n) is 10.4. The maximum absolute atomic E-state index is 2.43. The third-order valence-electron chi connectivity index (χ3n) is 3.39. The third-order valence-corrected chi connectivity index (χ3v) is 8.38. The molecular formula is C17H15Ge. The van der Waals surface area contributed by atoms with Crippen molar-refractivity contribution in [3.63, 3.8) is 0 Å². The first-order valence-corrected chi connectivity index (χ1v) is 10.4. The molecule has 0 heterocycles. The molecular weight excluding hydrogens is 277 g/mol. The van der Waals surface area contributed by atoms with Crippen LogP contribution in [0.25, 0.3) is 10.8 Å². The van der Waals surface area contributed by atoms with Gasteiger partial charge in [0.25, 0.3) is 0 Å². The van der Waals surface area contributed by atoms with Crippen molar-refractivity contribution in [1.82, 2.24) is 0 Å². The Hall–Kier alpha value is -1.54. The number of hydrogen-bond donors (Lipinski definition) is 0. The normalized spacial score (nSPS) is 11.0. The number of benzene rings is 3. The number of rotatable bonds is 2. The van der Waals surface area contributed by atoms with Gasteiger partial charge in [-0.2, -0.15) is 0 Å². The molecule has 0 nitrogen and oxygen atoms in total. The topological polar surface area (TPSA) is 0 Å². The molecule has 87 valence electrons. The standard InChI is InChI=1S/C17H15Ge/c1-18(16-9-3-2-4-10-16)17-12-11-14-7-5-6-8-15(14)13-17/h2-13H,1H3. The van der Waals surface area contributed by atoms with E-state index < -0.39 is 14.3 Å². The van der Waals surface area contributed by atoms with Gasteiger partial charge in [-0.15, -0.1) is 0 Å². The number of fused-ring (bicyclic) bond motifs is 1. The van der Waals surface area contributed by atoms with Gasteiger partial charge in [0.05, 0.1) is 0 Å². The van der Waals surface area contributed by atoms with Gasteiger partial charge in [-0.1, -0.05) is 0 Å². The van der Waals surface area contributed by atoms with Crippen LogP contribution < -0.4 is 8.79 Å². The average Bonchev–Trinajstić information content (AvgIpc) is 2.47. The zero-order valence-corrected chi connectivity index (χ0v) is 12.5. The van der Waals surface area contributed by atoms with E-state index in [1.807, 2.05) is 0 Å². The average molecular weight is 292 g/mol. The molecule has 0 aliphatic heterocycles. The van der Waals surface area contributed by atoms with Gasteiger partial charge in [-0.3, -0.25) is 0 Å². The SMILES string of the molecule is [CH3][Ge]([c]1ccccc1)[c]1ccc2ccccc2c1. The summed E-state index contributed by atoms with van der Waals surface area (Å²) in [5.74, 6) is 2.43. The fourth-order valence-corrected chi connectivity index (χ4v) is 5.91. The molecule has 0 unspecified atom stereocenters. The molecule has 0 saturated heterocycles. The molecule has 0 aliphatic carbocycles. The van der Waals surface area contributed by atoms with Gasteiger partial charge >= 0.3 is 112 Å². The molecule has 3 aromatic carbocycles. The third kappa shape index (κ3) is 2.21. The first-order valence-electron chi connectivity index (χ1n) is 6.23. The van der Waals surface area contributed by atoms with Crippen LogP contribution in [-0.2, 0) is 0 Å². The van der Waals surface area contributed by atoms with Gasteiger partial charge in [0.2, 0.25) is 0 Å². The Morgan fingerprint density at radius 2 is 1.28 bits per heavy atom. The molecule has 0 aliphatic rings. The van der Waals surface area contributed by atoms with Gasteiger partial charge in [0, 0.05) is 0 Å². The summed E-state index contributed by atoms with van der Waals surface area (Å²) in [6, 6.07) is 26.5. The van der Waals surface area contributed by atoms with Gasteiger partial charge < -0.3 is 0 Å². The Bertz CT molecular complexity index is 659. The van der Waals surface area contributed by atoms with Crippen molar-refractivity contribution in [2.45, 2.75) is 5.76 Å². The fraction of sp³-hybridized carbons (Fsp3) is 0.0588. The van der Waals surface area contributed by atoms with Crippen LogP contribution in [0.1, 0.15) is 0 Å². The van der Waals surface area contributed by atoms with Crippen LogP contribution in [0, 0.1) is 0 Å². The van der Waals surface area contributed by atoms with E-state index in [4.69, 9.17) is 0 Å². The first kappa shape index (κ1) is 11.5. The molecule has 0 fully saturated rings.